The molecule has 0 aromatic heterocycles. The molecule has 2 nitrogen and oxygen atoms in total. The SMILES string of the molecule is CC1=C(C)C(c2ccc(N(C)C)cc2C(=N)c2ccc(C)c(C)c2C)C(C)=C1C. The molecule has 2 aromatic carbocycles. The first-order chi connectivity index (χ1) is 13.6. The van der Waals surface area contributed by atoms with E-state index >= 15 is 0 Å². The van der Waals surface area contributed by atoms with Crippen LogP contribution in [0.3, 0.4) is 0 Å². The quantitative estimate of drug-likeness (QED) is 0.571. The molecule has 0 heterocycles. The fraction of sp³-hybridized carbons (Fsp3) is 0.370. The van der Waals surface area contributed by atoms with Crippen molar-refractivity contribution in [3.8, 4) is 0 Å². The summed E-state index contributed by atoms with van der Waals surface area (Å²) in [6.45, 7) is 15.4. The highest BCUT2D eigenvalue weighted by Gasteiger charge is 2.29. The van der Waals surface area contributed by atoms with Crippen molar-refractivity contribution >= 4 is 11.4 Å². The molecule has 0 spiro atoms. The molecule has 0 saturated carbocycles. The van der Waals surface area contributed by atoms with Crippen molar-refractivity contribution in [1.29, 1.82) is 5.41 Å². The molecule has 0 atom stereocenters. The summed E-state index contributed by atoms with van der Waals surface area (Å²) in [7, 11) is 4.12. The summed E-state index contributed by atoms with van der Waals surface area (Å²) in [6, 6.07) is 10.9. The molecule has 1 aliphatic rings. The smallest absolute Gasteiger partial charge is 0.0691 e. The van der Waals surface area contributed by atoms with E-state index in [0.29, 0.717) is 5.71 Å². The lowest BCUT2D eigenvalue weighted by Crippen LogP contribution is -2.15. The summed E-state index contributed by atoms with van der Waals surface area (Å²) in [6.07, 6.45) is 0. The van der Waals surface area contributed by atoms with E-state index in [9.17, 15) is 5.41 Å². The van der Waals surface area contributed by atoms with Crippen LogP contribution in [0.4, 0.5) is 5.69 Å². The van der Waals surface area contributed by atoms with Crippen molar-refractivity contribution in [3.63, 3.8) is 0 Å². The predicted molar refractivity (Wildman–Crippen MR) is 127 cm³/mol. The topological polar surface area (TPSA) is 27.1 Å². The average molecular weight is 387 g/mol. The number of hydrogen-bond acceptors (Lipinski definition) is 2. The van der Waals surface area contributed by atoms with Gasteiger partial charge in [0.2, 0.25) is 0 Å². The largest absolute Gasteiger partial charge is 0.378 e. The van der Waals surface area contributed by atoms with Crippen LogP contribution >= 0.6 is 0 Å². The van der Waals surface area contributed by atoms with Crippen LogP contribution in [0.1, 0.15) is 67.0 Å². The van der Waals surface area contributed by atoms with E-state index in [0.717, 1.165) is 16.8 Å². The molecular formula is C27H34N2. The molecule has 0 radical (unpaired) electrons. The van der Waals surface area contributed by atoms with Gasteiger partial charge in [0.25, 0.3) is 0 Å². The van der Waals surface area contributed by atoms with Crippen molar-refractivity contribution in [2.45, 2.75) is 54.4 Å². The zero-order valence-corrected chi connectivity index (χ0v) is 19.4. The lowest BCUT2D eigenvalue weighted by atomic mass is 9.82. The first-order valence-electron chi connectivity index (χ1n) is 10.4. The van der Waals surface area contributed by atoms with Crippen molar-refractivity contribution in [1.82, 2.24) is 0 Å². The van der Waals surface area contributed by atoms with Gasteiger partial charge in [-0.15, -0.1) is 0 Å². The normalized spacial score (nSPS) is 14.8. The molecular weight excluding hydrogens is 352 g/mol. The average Bonchev–Trinajstić information content (AvgIpc) is 2.88. The summed E-state index contributed by atoms with van der Waals surface area (Å²) in [4.78, 5) is 2.12. The van der Waals surface area contributed by atoms with Gasteiger partial charge in [0, 0.05) is 36.8 Å². The highest BCUT2D eigenvalue weighted by atomic mass is 15.1. The lowest BCUT2D eigenvalue weighted by Gasteiger charge is -2.24. The van der Waals surface area contributed by atoms with Crippen LogP contribution in [0.25, 0.3) is 0 Å². The van der Waals surface area contributed by atoms with Crippen molar-refractivity contribution in [2.24, 2.45) is 0 Å². The Morgan fingerprint density at radius 1 is 0.759 bits per heavy atom. The molecule has 1 N–H and O–H groups in total. The van der Waals surface area contributed by atoms with Gasteiger partial charge in [-0.25, -0.2) is 0 Å². The molecule has 0 amide bonds. The van der Waals surface area contributed by atoms with E-state index in [2.05, 4.69) is 97.8 Å². The Bertz CT molecular complexity index is 1040. The zero-order valence-electron chi connectivity index (χ0n) is 19.4. The van der Waals surface area contributed by atoms with Gasteiger partial charge in [0.1, 0.15) is 0 Å². The highest BCUT2D eigenvalue weighted by molar-refractivity contribution is 6.13. The van der Waals surface area contributed by atoms with E-state index in [4.69, 9.17) is 0 Å². The number of rotatable bonds is 4. The van der Waals surface area contributed by atoms with Gasteiger partial charge in [-0.2, -0.15) is 0 Å². The number of nitrogens with zero attached hydrogens (tertiary/aromatic N) is 1. The Labute approximate surface area is 176 Å². The molecule has 2 heteroatoms. The minimum atomic E-state index is 0.258. The van der Waals surface area contributed by atoms with Gasteiger partial charge in [-0.1, -0.05) is 29.3 Å². The third-order valence-electron chi connectivity index (χ3n) is 7.07. The first-order valence-corrected chi connectivity index (χ1v) is 10.4. The number of anilines is 1. The van der Waals surface area contributed by atoms with Crippen molar-refractivity contribution in [3.05, 3.63) is 86.0 Å². The van der Waals surface area contributed by atoms with Crippen LogP contribution in [0.5, 0.6) is 0 Å². The van der Waals surface area contributed by atoms with E-state index in [1.54, 1.807) is 0 Å². The Balaban J connectivity index is 2.24. The highest BCUT2D eigenvalue weighted by Crippen LogP contribution is 2.45. The molecule has 0 unspecified atom stereocenters. The molecule has 0 saturated heterocycles. The van der Waals surface area contributed by atoms with Gasteiger partial charge in [-0.05, 0) is 94.0 Å². The minimum absolute atomic E-state index is 0.258. The molecule has 0 aliphatic heterocycles. The number of hydrogen-bond donors (Lipinski definition) is 1. The maximum absolute atomic E-state index is 9.20. The Kier molecular flexibility index (Phi) is 5.58. The summed E-state index contributed by atoms with van der Waals surface area (Å²) in [5.74, 6) is 0.258. The molecule has 152 valence electrons. The number of nitrogens with one attached hydrogen (secondary N) is 1. The van der Waals surface area contributed by atoms with Crippen molar-refractivity contribution < 1.29 is 0 Å². The number of allylic oxidation sites excluding steroid dienone is 4. The molecule has 3 rings (SSSR count). The number of aryl methyl sites for hydroxylation is 1. The maximum Gasteiger partial charge on any atom is 0.0691 e. The van der Waals surface area contributed by atoms with Crippen LogP contribution < -0.4 is 4.90 Å². The van der Waals surface area contributed by atoms with Gasteiger partial charge in [0.15, 0.2) is 0 Å². The Hall–Kier alpha value is -2.61. The number of benzene rings is 2. The predicted octanol–water partition coefficient (Wildman–Crippen LogP) is 6.86. The monoisotopic (exact) mass is 386 g/mol. The van der Waals surface area contributed by atoms with E-state index < -0.39 is 0 Å². The molecule has 1 aliphatic carbocycles. The lowest BCUT2D eigenvalue weighted by molar-refractivity contribution is 0.930. The fourth-order valence-electron chi connectivity index (χ4n) is 4.48. The third kappa shape index (κ3) is 3.46. The van der Waals surface area contributed by atoms with Gasteiger partial charge >= 0.3 is 0 Å². The summed E-state index contributed by atoms with van der Waals surface area (Å²) < 4.78 is 0. The third-order valence-corrected chi connectivity index (χ3v) is 7.07. The summed E-state index contributed by atoms with van der Waals surface area (Å²) in [5.41, 5.74) is 14.4. The Morgan fingerprint density at radius 2 is 1.34 bits per heavy atom. The van der Waals surface area contributed by atoms with Crippen LogP contribution in [-0.2, 0) is 0 Å². The van der Waals surface area contributed by atoms with Gasteiger partial charge < -0.3 is 4.90 Å². The molecule has 0 fully saturated rings. The molecule has 29 heavy (non-hydrogen) atoms. The van der Waals surface area contributed by atoms with Crippen LogP contribution in [0.15, 0.2) is 52.6 Å². The molecule has 2 aromatic rings. The zero-order chi connectivity index (χ0) is 21.6. The van der Waals surface area contributed by atoms with E-state index in [1.165, 1.54) is 44.5 Å². The standard InChI is InChI=1S/C27H34N2/c1-15-10-12-23(19(5)16(15)2)27(28)25-14-22(29(8)9)11-13-24(25)26-20(6)17(3)18(4)21(26)7/h10-14,26,28H,1-9H3. The second-order valence-electron chi connectivity index (χ2n) is 8.77. The van der Waals surface area contributed by atoms with Crippen LogP contribution in [0.2, 0.25) is 0 Å². The second-order valence-corrected chi connectivity index (χ2v) is 8.77. The maximum atomic E-state index is 9.20. The summed E-state index contributed by atoms with van der Waals surface area (Å²) in [5, 5.41) is 9.20. The van der Waals surface area contributed by atoms with Crippen molar-refractivity contribution in [2.75, 3.05) is 19.0 Å². The Morgan fingerprint density at radius 3 is 1.90 bits per heavy atom. The van der Waals surface area contributed by atoms with Crippen LogP contribution in [-0.4, -0.2) is 19.8 Å². The summed E-state index contributed by atoms with van der Waals surface area (Å²) >= 11 is 0. The van der Waals surface area contributed by atoms with Gasteiger partial charge in [-0.3, -0.25) is 5.41 Å². The minimum Gasteiger partial charge on any atom is -0.378 e. The fourth-order valence-corrected chi connectivity index (χ4v) is 4.48. The first kappa shape index (κ1) is 21.1. The van der Waals surface area contributed by atoms with E-state index in [1.807, 2.05) is 0 Å². The molecule has 0 bridgehead atoms. The second kappa shape index (κ2) is 7.67. The van der Waals surface area contributed by atoms with Gasteiger partial charge in [0.05, 0.1) is 5.71 Å². The van der Waals surface area contributed by atoms with Crippen LogP contribution in [0, 0.1) is 26.2 Å². The van der Waals surface area contributed by atoms with E-state index in [-0.39, 0.29) is 5.92 Å².